The molecule has 2 aliphatic heterocycles. The van der Waals surface area contributed by atoms with Crippen molar-refractivity contribution in [3.63, 3.8) is 0 Å². The molecule has 154 valence electrons. The van der Waals surface area contributed by atoms with Crippen LogP contribution >= 0.6 is 0 Å². The smallest absolute Gasteiger partial charge is 0.293 e. The van der Waals surface area contributed by atoms with Crippen LogP contribution in [0.3, 0.4) is 0 Å². The van der Waals surface area contributed by atoms with Crippen molar-refractivity contribution >= 4 is 17.3 Å². The Morgan fingerprint density at radius 3 is 2.54 bits per heavy atom. The van der Waals surface area contributed by atoms with E-state index in [0.717, 1.165) is 32.4 Å². The summed E-state index contributed by atoms with van der Waals surface area (Å²) in [5.74, 6) is 1.13. The standard InChI is InChI=1S/C21H32N4O3/c1-14-9-15(2)12-24(11-14)19-7-6-17(10-20(19)25(27)28)21(26)23-8-4-5-18(13-23)16(3)22/h6-7,10,14-16,18H,4-5,8-9,11-13,22H2,1-3H3. The van der Waals surface area contributed by atoms with Crippen LogP contribution < -0.4 is 10.6 Å². The second-order valence-corrected chi connectivity index (χ2v) is 8.82. The van der Waals surface area contributed by atoms with Gasteiger partial charge < -0.3 is 15.5 Å². The molecule has 0 radical (unpaired) electrons. The van der Waals surface area contributed by atoms with Gasteiger partial charge in [-0.25, -0.2) is 0 Å². The summed E-state index contributed by atoms with van der Waals surface area (Å²) in [5, 5.41) is 11.8. The van der Waals surface area contributed by atoms with E-state index < -0.39 is 0 Å². The fourth-order valence-electron chi connectivity index (χ4n) is 4.74. The highest BCUT2D eigenvalue weighted by molar-refractivity contribution is 5.96. The van der Waals surface area contributed by atoms with Crippen molar-refractivity contribution in [2.75, 3.05) is 31.1 Å². The summed E-state index contributed by atoms with van der Waals surface area (Å²) in [5.41, 5.74) is 7.05. The van der Waals surface area contributed by atoms with Crippen LogP contribution in [0, 0.1) is 27.9 Å². The Hall–Kier alpha value is -2.15. The third-order valence-corrected chi connectivity index (χ3v) is 6.12. The molecule has 1 amide bonds. The lowest BCUT2D eigenvalue weighted by Crippen LogP contribution is -2.45. The molecule has 4 unspecified atom stereocenters. The number of hydrogen-bond acceptors (Lipinski definition) is 5. The Balaban J connectivity index is 1.84. The van der Waals surface area contributed by atoms with E-state index in [4.69, 9.17) is 5.73 Å². The van der Waals surface area contributed by atoms with Gasteiger partial charge >= 0.3 is 0 Å². The van der Waals surface area contributed by atoms with Crippen LogP contribution in [0.25, 0.3) is 0 Å². The van der Waals surface area contributed by atoms with Crippen LogP contribution in [-0.4, -0.2) is 48.0 Å². The minimum atomic E-state index is -0.364. The van der Waals surface area contributed by atoms with E-state index in [2.05, 4.69) is 18.7 Å². The van der Waals surface area contributed by atoms with Crippen molar-refractivity contribution in [1.82, 2.24) is 4.90 Å². The molecule has 0 aliphatic carbocycles. The van der Waals surface area contributed by atoms with Gasteiger partial charge in [-0.2, -0.15) is 0 Å². The molecule has 0 bridgehead atoms. The van der Waals surface area contributed by atoms with Crippen molar-refractivity contribution < 1.29 is 9.72 Å². The summed E-state index contributed by atoms with van der Waals surface area (Å²) in [6, 6.07) is 4.99. The highest BCUT2D eigenvalue weighted by Gasteiger charge is 2.30. The number of carbonyl (C=O) groups excluding carboxylic acids is 1. The quantitative estimate of drug-likeness (QED) is 0.631. The molecule has 0 aromatic heterocycles. The van der Waals surface area contributed by atoms with Crippen molar-refractivity contribution in [2.24, 2.45) is 23.5 Å². The molecule has 2 fully saturated rings. The van der Waals surface area contributed by atoms with Gasteiger partial charge in [0, 0.05) is 43.9 Å². The maximum Gasteiger partial charge on any atom is 0.293 e. The van der Waals surface area contributed by atoms with Gasteiger partial charge in [0.1, 0.15) is 5.69 Å². The molecule has 28 heavy (non-hydrogen) atoms. The number of nitrogens with zero attached hydrogens (tertiary/aromatic N) is 3. The summed E-state index contributed by atoms with van der Waals surface area (Å²) in [4.78, 5) is 28.3. The zero-order chi connectivity index (χ0) is 20.4. The average molecular weight is 389 g/mol. The Morgan fingerprint density at radius 1 is 1.25 bits per heavy atom. The summed E-state index contributed by atoms with van der Waals surface area (Å²) in [6.07, 6.45) is 3.07. The van der Waals surface area contributed by atoms with E-state index in [1.54, 1.807) is 17.0 Å². The molecule has 2 heterocycles. The van der Waals surface area contributed by atoms with Crippen LogP contribution in [-0.2, 0) is 0 Å². The Bertz CT molecular complexity index is 726. The largest absolute Gasteiger partial charge is 0.365 e. The summed E-state index contributed by atoms with van der Waals surface area (Å²) in [6.45, 7) is 9.24. The Labute approximate surface area is 167 Å². The van der Waals surface area contributed by atoms with Crippen molar-refractivity contribution in [1.29, 1.82) is 0 Å². The minimum absolute atomic E-state index is 0.0212. The number of benzene rings is 1. The maximum absolute atomic E-state index is 13.0. The normalized spacial score (nSPS) is 26.8. The number of amides is 1. The van der Waals surface area contributed by atoms with Gasteiger partial charge in [0.2, 0.25) is 0 Å². The zero-order valence-electron chi connectivity index (χ0n) is 17.1. The molecule has 7 nitrogen and oxygen atoms in total. The molecule has 7 heteroatoms. The number of nitro groups is 1. The maximum atomic E-state index is 13.0. The second-order valence-electron chi connectivity index (χ2n) is 8.82. The first-order chi connectivity index (χ1) is 13.3. The Morgan fingerprint density at radius 2 is 1.93 bits per heavy atom. The molecule has 2 aliphatic rings. The first kappa shape index (κ1) is 20.6. The van der Waals surface area contributed by atoms with Gasteiger partial charge in [-0.15, -0.1) is 0 Å². The molecule has 2 saturated heterocycles. The molecule has 1 aromatic carbocycles. The molecule has 3 rings (SSSR count). The topological polar surface area (TPSA) is 92.7 Å². The van der Waals surface area contributed by atoms with Crippen LogP contribution in [0.1, 0.15) is 50.4 Å². The van der Waals surface area contributed by atoms with E-state index in [-0.39, 0.29) is 28.5 Å². The lowest BCUT2D eigenvalue weighted by atomic mass is 9.91. The number of likely N-dealkylation sites (tertiary alicyclic amines) is 1. The van der Waals surface area contributed by atoms with E-state index in [0.29, 0.717) is 36.2 Å². The predicted molar refractivity (Wildman–Crippen MR) is 111 cm³/mol. The highest BCUT2D eigenvalue weighted by Crippen LogP contribution is 2.34. The highest BCUT2D eigenvalue weighted by atomic mass is 16.6. The summed E-state index contributed by atoms with van der Waals surface area (Å²) < 4.78 is 0. The summed E-state index contributed by atoms with van der Waals surface area (Å²) in [7, 11) is 0. The lowest BCUT2D eigenvalue weighted by molar-refractivity contribution is -0.384. The molecule has 0 spiro atoms. The molecular formula is C21H32N4O3. The number of hydrogen-bond donors (Lipinski definition) is 1. The van der Waals surface area contributed by atoms with E-state index >= 15 is 0 Å². The van der Waals surface area contributed by atoms with Crippen molar-refractivity contribution in [3.05, 3.63) is 33.9 Å². The van der Waals surface area contributed by atoms with Gasteiger partial charge in [0.05, 0.1) is 4.92 Å². The van der Waals surface area contributed by atoms with Gasteiger partial charge in [0.15, 0.2) is 0 Å². The third kappa shape index (κ3) is 4.46. The fourth-order valence-corrected chi connectivity index (χ4v) is 4.74. The Kier molecular flexibility index (Phi) is 6.23. The van der Waals surface area contributed by atoms with Gasteiger partial charge in [-0.1, -0.05) is 13.8 Å². The molecule has 0 saturated carbocycles. The zero-order valence-corrected chi connectivity index (χ0v) is 17.1. The number of anilines is 1. The molecule has 4 atom stereocenters. The number of carbonyl (C=O) groups is 1. The fraction of sp³-hybridized carbons (Fsp3) is 0.667. The van der Waals surface area contributed by atoms with Crippen molar-refractivity contribution in [3.8, 4) is 0 Å². The van der Waals surface area contributed by atoms with Crippen LogP contribution in [0.4, 0.5) is 11.4 Å². The van der Waals surface area contributed by atoms with Crippen molar-refractivity contribution in [2.45, 2.75) is 46.1 Å². The molecule has 2 N–H and O–H groups in total. The first-order valence-electron chi connectivity index (χ1n) is 10.3. The monoisotopic (exact) mass is 388 g/mol. The van der Waals surface area contributed by atoms with E-state index in [9.17, 15) is 14.9 Å². The van der Waals surface area contributed by atoms with Gasteiger partial charge in [0.25, 0.3) is 11.6 Å². The molecule has 1 aromatic rings. The predicted octanol–water partition coefficient (Wildman–Crippen LogP) is 3.28. The van der Waals surface area contributed by atoms with Crippen LogP contribution in [0.2, 0.25) is 0 Å². The number of rotatable bonds is 4. The van der Waals surface area contributed by atoms with E-state index in [1.807, 2.05) is 6.92 Å². The van der Waals surface area contributed by atoms with Crippen LogP contribution in [0.5, 0.6) is 0 Å². The second kappa shape index (κ2) is 8.47. The minimum Gasteiger partial charge on any atom is -0.365 e. The number of nitro benzene ring substituents is 1. The van der Waals surface area contributed by atoms with E-state index in [1.165, 1.54) is 6.07 Å². The van der Waals surface area contributed by atoms with Gasteiger partial charge in [-0.3, -0.25) is 14.9 Å². The first-order valence-corrected chi connectivity index (χ1v) is 10.3. The third-order valence-electron chi connectivity index (χ3n) is 6.12. The number of nitrogens with two attached hydrogens (primary N) is 1. The molecular weight excluding hydrogens is 356 g/mol. The van der Waals surface area contributed by atoms with Gasteiger partial charge in [-0.05, 0) is 56.1 Å². The SMILES string of the molecule is CC1CC(C)CN(c2ccc(C(=O)N3CCCC(C(C)N)C3)cc2[N+](=O)[O-])C1. The lowest BCUT2D eigenvalue weighted by Gasteiger charge is -2.36. The number of piperidine rings is 2. The summed E-state index contributed by atoms with van der Waals surface area (Å²) >= 11 is 0. The van der Waals surface area contributed by atoms with Crippen LogP contribution in [0.15, 0.2) is 18.2 Å². The average Bonchev–Trinajstić information content (AvgIpc) is 2.66.